The molecule has 0 aliphatic carbocycles. The Morgan fingerprint density at radius 1 is 1.12 bits per heavy atom. The molecular weight excluding hydrogens is 222 g/mol. The van der Waals surface area contributed by atoms with Gasteiger partial charge < -0.3 is 4.90 Å². The van der Waals surface area contributed by atoms with Crippen molar-refractivity contribution in [1.29, 1.82) is 10.8 Å². The van der Waals surface area contributed by atoms with E-state index in [0.29, 0.717) is 19.5 Å². The summed E-state index contributed by atoms with van der Waals surface area (Å²) in [5, 5.41) is 13.3. The van der Waals surface area contributed by atoms with E-state index in [-0.39, 0.29) is 0 Å². The van der Waals surface area contributed by atoms with Crippen LogP contribution in [0.1, 0.15) is 6.42 Å². The zero-order valence-corrected chi connectivity index (χ0v) is 9.43. The van der Waals surface area contributed by atoms with Gasteiger partial charge in [0.25, 0.3) is 11.8 Å². The van der Waals surface area contributed by atoms with Gasteiger partial charge >= 0.3 is 0 Å². The minimum atomic E-state index is -0.441. The fourth-order valence-corrected chi connectivity index (χ4v) is 1.97. The van der Waals surface area contributed by atoms with Gasteiger partial charge in [0.2, 0.25) is 0 Å². The number of nitrogens with zero attached hydrogens (tertiary/aromatic N) is 3. The van der Waals surface area contributed by atoms with Gasteiger partial charge in [-0.15, -0.1) is 9.98 Å². The molecule has 2 amide bonds. The highest BCUT2D eigenvalue weighted by atomic mass is 16.2. The van der Waals surface area contributed by atoms with E-state index in [1.807, 2.05) is 4.90 Å². The first-order valence-corrected chi connectivity index (χ1v) is 5.09. The van der Waals surface area contributed by atoms with Crippen molar-refractivity contribution in [3.63, 3.8) is 0 Å². The quantitative estimate of drug-likeness (QED) is 0.663. The second-order valence-electron chi connectivity index (χ2n) is 3.97. The van der Waals surface area contributed by atoms with Crippen molar-refractivity contribution in [1.82, 2.24) is 4.90 Å². The van der Waals surface area contributed by atoms with Crippen LogP contribution >= 0.6 is 0 Å². The maximum Gasteiger partial charge on any atom is 0.259 e. The number of carbonyl (C=O) groups excluding carboxylic acids is 2. The highest BCUT2D eigenvalue weighted by molar-refractivity contribution is 5.87. The minimum absolute atomic E-state index is 0.346. The molecule has 0 saturated carbocycles. The average molecular weight is 235 g/mol. The van der Waals surface area contributed by atoms with E-state index in [1.54, 1.807) is 19.1 Å². The monoisotopic (exact) mass is 235 g/mol. The van der Waals surface area contributed by atoms with Gasteiger partial charge in [-0.3, -0.25) is 9.59 Å². The number of nitrogens with one attached hydrogen (secondary N) is 2. The highest BCUT2D eigenvalue weighted by Crippen LogP contribution is 2.23. The molecule has 0 spiro atoms. The number of hydrogen-bond donors (Lipinski definition) is 2. The predicted molar refractivity (Wildman–Crippen MR) is 59.4 cm³/mol. The zero-order valence-electron chi connectivity index (χ0n) is 9.43. The van der Waals surface area contributed by atoms with Crippen LogP contribution in [-0.2, 0) is 9.59 Å². The summed E-state index contributed by atoms with van der Waals surface area (Å²) in [5.41, 5.74) is 0. The van der Waals surface area contributed by atoms with Crippen molar-refractivity contribution >= 4 is 23.8 Å². The van der Waals surface area contributed by atoms with Gasteiger partial charge in [0.15, 0.2) is 0 Å². The zero-order chi connectivity index (χ0) is 12.8. The molecule has 1 aliphatic heterocycles. The van der Waals surface area contributed by atoms with Crippen LogP contribution in [0.5, 0.6) is 0 Å². The van der Waals surface area contributed by atoms with Crippen LogP contribution in [0.2, 0.25) is 0 Å². The SMILES string of the molecule is CN1CC(C(=O)N=C=N)CC(C(=O)N=C=N)C1. The minimum Gasteiger partial charge on any atom is -0.305 e. The molecule has 0 radical (unpaired) electrons. The molecule has 1 rings (SSSR count). The van der Waals surface area contributed by atoms with E-state index < -0.39 is 23.7 Å². The molecule has 2 atom stereocenters. The number of piperidine rings is 1. The summed E-state index contributed by atoms with van der Waals surface area (Å²) in [6, 6.07) is 3.41. The molecule has 17 heavy (non-hydrogen) atoms. The largest absolute Gasteiger partial charge is 0.305 e. The Labute approximate surface area is 98.3 Å². The second-order valence-corrected chi connectivity index (χ2v) is 3.97. The van der Waals surface area contributed by atoms with E-state index in [0.717, 1.165) is 0 Å². The summed E-state index contributed by atoms with van der Waals surface area (Å²) < 4.78 is 0. The van der Waals surface area contributed by atoms with Crippen LogP contribution in [0, 0.1) is 22.7 Å². The van der Waals surface area contributed by atoms with Crippen molar-refractivity contribution in [3.8, 4) is 0 Å². The van der Waals surface area contributed by atoms with Gasteiger partial charge in [-0.05, 0) is 13.5 Å². The molecule has 1 aliphatic rings. The Balaban J connectivity index is 2.78. The number of carbonyl (C=O) groups is 2. The first kappa shape index (κ1) is 13.1. The summed E-state index contributed by atoms with van der Waals surface area (Å²) >= 11 is 0. The molecule has 7 heteroatoms. The van der Waals surface area contributed by atoms with Crippen molar-refractivity contribution in [3.05, 3.63) is 0 Å². The normalized spacial score (nSPS) is 24.3. The number of amides is 2. The van der Waals surface area contributed by atoms with Crippen molar-refractivity contribution in [2.45, 2.75) is 6.42 Å². The standard InChI is InChI=1S/C10H13N5O2/c1-15-3-7(9(16)13-5-11)2-8(4-15)10(17)14-6-12/h7-8,11-12H,2-4H2,1H3. The van der Waals surface area contributed by atoms with Crippen molar-refractivity contribution in [2.24, 2.45) is 21.8 Å². The molecule has 1 saturated heterocycles. The summed E-state index contributed by atoms with van der Waals surface area (Å²) in [4.78, 5) is 31.4. The average Bonchev–Trinajstić information content (AvgIpc) is 2.29. The smallest absolute Gasteiger partial charge is 0.259 e. The lowest BCUT2D eigenvalue weighted by molar-refractivity contribution is -0.127. The van der Waals surface area contributed by atoms with E-state index in [2.05, 4.69) is 9.98 Å². The maximum atomic E-state index is 11.5. The van der Waals surface area contributed by atoms with E-state index in [9.17, 15) is 9.59 Å². The topological polar surface area (TPSA) is 110 Å². The first-order chi connectivity index (χ1) is 8.08. The maximum absolute atomic E-state index is 11.5. The first-order valence-electron chi connectivity index (χ1n) is 5.09. The Hall–Kier alpha value is -1.94. The van der Waals surface area contributed by atoms with E-state index >= 15 is 0 Å². The van der Waals surface area contributed by atoms with Gasteiger partial charge in [-0.1, -0.05) is 0 Å². The molecule has 0 aromatic rings. The molecule has 90 valence electrons. The summed E-state index contributed by atoms with van der Waals surface area (Å²) in [7, 11) is 1.79. The molecule has 1 fully saturated rings. The fraction of sp³-hybridized carbons (Fsp3) is 0.600. The second kappa shape index (κ2) is 5.96. The van der Waals surface area contributed by atoms with Gasteiger partial charge in [0.1, 0.15) is 0 Å². The molecule has 0 bridgehead atoms. The molecule has 7 nitrogen and oxygen atoms in total. The van der Waals surface area contributed by atoms with Crippen LogP contribution in [0.4, 0.5) is 0 Å². The predicted octanol–water partition coefficient (Wildman–Crippen LogP) is 0.113. The number of rotatable bonds is 2. The van der Waals surface area contributed by atoms with Crippen LogP contribution in [-0.4, -0.2) is 48.9 Å². The molecular formula is C10H13N5O2. The number of hydrogen-bond acceptors (Lipinski definition) is 5. The van der Waals surface area contributed by atoms with E-state index in [1.165, 1.54) is 0 Å². The van der Waals surface area contributed by atoms with Gasteiger partial charge in [-0.2, -0.15) is 0 Å². The lowest BCUT2D eigenvalue weighted by Gasteiger charge is -2.31. The van der Waals surface area contributed by atoms with Crippen LogP contribution in [0.15, 0.2) is 9.98 Å². The molecule has 1 heterocycles. The molecule has 2 N–H and O–H groups in total. The Morgan fingerprint density at radius 3 is 1.88 bits per heavy atom. The van der Waals surface area contributed by atoms with E-state index in [4.69, 9.17) is 10.8 Å². The van der Waals surface area contributed by atoms with Gasteiger partial charge in [0, 0.05) is 13.1 Å². The van der Waals surface area contributed by atoms with Gasteiger partial charge in [0.05, 0.1) is 23.9 Å². The van der Waals surface area contributed by atoms with Crippen LogP contribution in [0.3, 0.4) is 0 Å². The Bertz CT molecular complexity index is 382. The van der Waals surface area contributed by atoms with Crippen molar-refractivity contribution in [2.75, 3.05) is 20.1 Å². The fourth-order valence-electron chi connectivity index (χ4n) is 1.97. The summed E-state index contributed by atoms with van der Waals surface area (Å²) in [5.74, 6) is -1.71. The third-order valence-corrected chi connectivity index (χ3v) is 2.66. The lowest BCUT2D eigenvalue weighted by atomic mass is 9.88. The number of aliphatic imine (C=N–C) groups is 2. The molecule has 0 aromatic carbocycles. The molecule has 0 aromatic heterocycles. The number of likely N-dealkylation sites (tertiary alicyclic amines) is 1. The summed E-state index contributed by atoms with van der Waals surface area (Å²) in [6.45, 7) is 1.00. The molecule has 2 unspecified atom stereocenters. The summed E-state index contributed by atoms with van der Waals surface area (Å²) in [6.07, 6.45) is 0.346. The highest BCUT2D eigenvalue weighted by Gasteiger charge is 2.33. The van der Waals surface area contributed by atoms with Crippen LogP contribution in [0.25, 0.3) is 0 Å². The Kier molecular flexibility index (Phi) is 4.60. The van der Waals surface area contributed by atoms with Gasteiger partial charge in [-0.25, -0.2) is 10.8 Å². The van der Waals surface area contributed by atoms with Crippen molar-refractivity contribution < 1.29 is 9.59 Å². The third-order valence-electron chi connectivity index (χ3n) is 2.66. The third kappa shape index (κ3) is 3.53. The van der Waals surface area contributed by atoms with Crippen LogP contribution < -0.4 is 0 Å². The Morgan fingerprint density at radius 2 is 1.53 bits per heavy atom. The lowest BCUT2D eigenvalue weighted by Crippen LogP contribution is -2.43.